The molecule has 1 N–H and O–H groups in total. The van der Waals surface area contributed by atoms with Crippen LogP contribution in [-0.2, 0) is 14.3 Å². The number of pyridine rings is 1. The Balaban J connectivity index is 2.09. The lowest BCUT2D eigenvalue weighted by Crippen LogP contribution is -2.46. The van der Waals surface area contributed by atoms with Gasteiger partial charge in [-0.2, -0.15) is 5.10 Å². The van der Waals surface area contributed by atoms with Crippen molar-refractivity contribution in [2.45, 2.75) is 0 Å². The number of hydrazone groups is 1. The molecule has 0 radical (unpaired) electrons. The minimum Gasteiger partial charge on any atom is -0.466 e. The van der Waals surface area contributed by atoms with Gasteiger partial charge in [0, 0.05) is 6.20 Å². The molecule has 0 atom stereocenters. The lowest BCUT2D eigenvalue weighted by Gasteiger charge is -2.28. The number of nitrogens with one attached hydrogen (secondary N) is 1. The molecule has 1 aromatic heterocycles. The van der Waals surface area contributed by atoms with Gasteiger partial charge in [-0.25, -0.2) is 4.79 Å². The molecule has 0 spiro atoms. The molecule has 24 heavy (non-hydrogen) atoms. The molecule has 0 saturated heterocycles. The first-order valence-corrected chi connectivity index (χ1v) is 7.15. The molecule has 0 saturated carbocycles. The Morgan fingerprint density at radius 2 is 1.92 bits per heavy atom. The van der Waals surface area contributed by atoms with E-state index >= 15 is 0 Å². The van der Waals surface area contributed by atoms with Crippen molar-refractivity contribution < 1.29 is 14.3 Å². The summed E-state index contributed by atoms with van der Waals surface area (Å²) in [7, 11) is 1.24. The number of methoxy groups -OCH3 is 1. The topological polar surface area (TPSA) is 83.9 Å². The van der Waals surface area contributed by atoms with Crippen molar-refractivity contribution in [3.8, 4) is 0 Å². The van der Waals surface area contributed by atoms with Crippen LogP contribution in [0.5, 0.6) is 0 Å². The van der Waals surface area contributed by atoms with Crippen molar-refractivity contribution in [1.82, 2.24) is 10.4 Å². The van der Waals surface area contributed by atoms with Crippen molar-refractivity contribution in [3.05, 3.63) is 72.2 Å². The summed E-state index contributed by atoms with van der Waals surface area (Å²) in [6, 6.07) is 14.3. The molecule has 2 heterocycles. The maximum absolute atomic E-state index is 12.8. The molecule has 2 aromatic rings. The van der Waals surface area contributed by atoms with Crippen LogP contribution in [0.4, 0.5) is 5.69 Å². The van der Waals surface area contributed by atoms with Gasteiger partial charge in [0.1, 0.15) is 11.4 Å². The number of hydrogen-bond acceptors (Lipinski definition) is 6. The minimum atomic E-state index is -0.643. The third-order valence-electron chi connectivity index (χ3n) is 3.30. The van der Waals surface area contributed by atoms with E-state index in [1.807, 2.05) is 18.2 Å². The summed E-state index contributed by atoms with van der Waals surface area (Å²) in [5, 5.41) is 4.21. The number of rotatable bonds is 3. The lowest BCUT2D eigenvalue weighted by atomic mass is 10.2. The van der Waals surface area contributed by atoms with Gasteiger partial charge < -0.3 is 4.74 Å². The molecule has 0 bridgehead atoms. The maximum atomic E-state index is 12.8. The van der Waals surface area contributed by atoms with Crippen LogP contribution in [0.2, 0.25) is 0 Å². The van der Waals surface area contributed by atoms with Crippen LogP contribution in [0.25, 0.3) is 0 Å². The SMILES string of the molecule is COC(=O)/C=C1/NN=C(c2ccccn2)N(c2ccccc2)C1=O. The van der Waals surface area contributed by atoms with Crippen molar-refractivity contribution in [1.29, 1.82) is 0 Å². The zero-order chi connectivity index (χ0) is 16.9. The third-order valence-corrected chi connectivity index (χ3v) is 3.30. The number of amidine groups is 1. The number of esters is 1. The Morgan fingerprint density at radius 1 is 1.17 bits per heavy atom. The zero-order valence-electron chi connectivity index (χ0n) is 12.8. The highest BCUT2D eigenvalue weighted by molar-refractivity contribution is 6.28. The Kier molecular flexibility index (Phi) is 4.33. The summed E-state index contributed by atoms with van der Waals surface area (Å²) in [6.07, 6.45) is 2.68. The normalized spacial score (nSPS) is 15.7. The molecular weight excluding hydrogens is 308 g/mol. The van der Waals surface area contributed by atoms with Crippen molar-refractivity contribution in [3.63, 3.8) is 0 Å². The number of aromatic nitrogens is 1. The number of para-hydroxylation sites is 1. The first-order chi connectivity index (χ1) is 11.7. The van der Waals surface area contributed by atoms with Gasteiger partial charge in [-0.15, -0.1) is 0 Å². The fraction of sp³-hybridized carbons (Fsp3) is 0.0588. The molecule has 0 fully saturated rings. The number of ether oxygens (including phenoxy) is 1. The van der Waals surface area contributed by atoms with E-state index in [0.717, 1.165) is 6.08 Å². The average molecular weight is 322 g/mol. The second-order valence-corrected chi connectivity index (χ2v) is 4.82. The first kappa shape index (κ1) is 15.4. The summed E-state index contributed by atoms with van der Waals surface area (Å²) in [5.41, 5.74) is 3.76. The highest BCUT2D eigenvalue weighted by Gasteiger charge is 2.31. The molecule has 120 valence electrons. The molecule has 1 amide bonds. The number of carbonyl (C=O) groups is 2. The Bertz CT molecular complexity index is 816. The van der Waals surface area contributed by atoms with E-state index in [2.05, 4.69) is 20.2 Å². The number of carbonyl (C=O) groups excluding carboxylic acids is 2. The predicted octanol–water partition coefficient (Wildman–Crippen LogP) is 1.44. The highest BCUT2D eigenvalue weighted by atomic mass is 16.5. The summed E-state index contributed by atoms with van der Waals surface area (Å²) < 4.78 is 4.57. The van der Waals surface area contributed by atoms with E-state index in [0.29, 0.717) is 17.2 Å². The largest absolute Gasteiger partial charge is 0.466 e. The standard InChI is InChI=1S/C17H14N4O3/c1-24-15(22)11-14-17(23)21(12-7-3-2-4-8-12)16(20-19-14)13-9-5-6-10-18-13/h2-11,19H,1H3/b14-11+. The van der Waals surface area contributed by atoms with E-state index in [-0.39, 0.29) is 5.70 Å². The number of anilines is 1. The Morgan fingerprint density at radius 3 is 2.58 bits per heavy atom. The van der Waals surface area contributed by atoms with Gasteiger partial charge in [0.2, 0.25) is 0 Å². The fourth-order valence-electron chi connectivity index (χ4n) is 2.18. The van der Waals surface area contributed by atoms with Crippen LogP contribution in [0, 0.1) is 0 Å². The Hall–Kier alpha value is -3.48. The van der Waals surface area contributed by atoms with Crippen LogP contribution < -0.4 is 10.3 Å². The number of amides is 1. The van der Waals surface area contributed by atoms with Crippen molar-refractivity contribution in [2.24, 2.45) is 5.10 Å². The second-order valence-electron chi connectivity index (χ2n) is 4.82. The molecule has 1 aliphatic rings. The van der Waals surface area contributed by atoms with Crippen LogP contribution in [0.1, 0.15) is 5.69 Å². The fourth-order valence-corrected chi connectivity index (χ4v) is 2.18. The van der Waals surface area contributed by atoms with Gasteiger partial charge in [0.05, 0.1) is 18.9 Å². The van der Waals surface area contributed by atoms with Gasteiger partial charge in [-0.3, -0.25) is 20.1 Å². The summed E-state index contributed by atoms with van der Waals surface area (Å²) >= 11 is 0. The number of hydrogen-bond donors (Lipinski definition) is 1. The summed E-state index contributed by atoms with van der Waals surface area (Å²) in [5.74, 6) is -0.730. The van der Waals surface area contributed by atoms with E-state index < -0.39 is 11.9 Å². The molecule has 1 aromatic carbocycles. The Labute approximate surface area is 138 Å². The monoisotopic (exact) mass is 322 g/mol. The summed E-state index contributed by atoms with van der Waals surface area (Å²) in [4.78, 5) is 29.9. The van der Waals surface area contributed by atoms with Crippen LogP contribution in [0.15, 0.2) is 71.6 Å². The second kappa shape index (κ2) is 6.74. The highest BCUT2D eigenvalue weighted by Crippen LogP contribution is 2.21. The van der Waals surface area contributed by atoms with Gasteiger partial charge in [0.15, 0.2) is 5.84 Å². The molecule has 7 nitrogen and oxygen atoms in total. The molecular formula is C17H14N4O3. The molecule has 1 aliphatic heterocycles. The van der Waals surface area contributed by atoms with E-state index in [1.165, 1.54) is 12.0 Å². The molecule has 0 aliphatic carbocycles. The van der Waals surface area contributed by atoms with E-state index in [1.54, 1.807) is 36.5 Å². The lowest BCUT2D eigenvalue weighted by molar-refractivity contribution is -0.135. The predicted molar refractivity (Wildman–Crippen MR) is 87.9 cm³/mol. The molecule has 7 heteroatoms. The third kappa shape index (κ3) is 3.00. The van der Waals surface area contributed by atoms with Crippen molar-refractivity contribution >= 4 is 23.4 Å². The number of nitrogens with zero attached hydrogens (tertiary/aromatic N) is 3. The zero-order valence-corrected chi connectivity index (χ0v) is 12.8. The van der Waals surface area contributed by atoms with E-state index in [9.17, 15) is 9.59 Å². The van der Waals surface area contributed by atoms with Gasteiger partial charge in [0.25, 0.3) is 5.91 Å². The van der Waals surface area contributed by atoms with Crippen molar-refractivity contribution in [2.75, 3.05) is 12.0 Å². The first-order valence-electron chi connectivity index (χ1n) is 7.15. The van der Waals surface area contributed by atoms with Gasteiger partial charge >= 0.3 is 5.97 Å². The minimum absolute atomic E-state index is 0.0189. The smallest absolute Gasteiger partial charge is 0.332 e. The van der Waals surface area contributed by atoms with Gasteiger partial charge in [-0.1, -0.05) is 24.3 Å². The van der Waals surface area contributed by atoms with Gasteiger partial charge in [-0.05, 0) is 24.3 Å². The number of benzene rings is 1. The van der Waals surface area contributed by atoms with Crippen LogP contribution in [0.3, 0.4) is 0 Å². The quantitative estimate of drug-likeness (QED) is 0.683. The maximum Gasteiger partial charge on any atom is 0.332 e. The van der Waals surface area contributed by atoms with Crippen LogP contribution >= 0.6 is 0 Å². The average Bonchev–Trinajstić information content (AvgIpc) is 2.64. The van der Waals surface area contributed by atoms with E-state index in [4.69, 9.17) is 0 Å². The van der Waals surface area contributed by atoms with Crippen LogP contribution in [-0.4, -0.2) is 29.8 Å². The summed E-state index contributed by atoms with van der Waals surface area (Å²) in [6.45, 7) is 0. The molecule has 0 unspecified atom stereocenters. The molecule has 3 rings (SSSR count).